The fourth-order valence-corrected chi connectivity index (χ4v) is 2.27. The SMILES string of the molecule is Nc1c(NC2O[C@H](COP(=O)(O)O)[C@@H](O)[C@H]2O)[nH]c(=O)[nH]c1=O. The van der Waals surface area contributed by atoms with Crippen LogP contribution in [-0.2, 0) is 13.8 Å². The molecule has 1 aromatic rings. The smallest absolute Gasteiger partial charge is 0.391 e. The first kappa shape index (κ1) is 17.6. The topological polar surface area (TPSA) is 220 Å². The van der Waals surface area contributed by atoms with E-state index < -0.39 is 50.2 Å². The molecule has 14 heteroatoms. The van der Waals surface area contributed by atoms with Gasteiger partial charge in [0, 0.05) is 0 Å². The van der Waals surface area contributed by atoms with Gasteiger partial charge in [-0.05, 0) is 0 Å². The second kappa shape index (κ2) is 6.41. The molecular formula is C9H15N4O9P. The van der Waals surface area contributed by atoms with Crippen LogP contribution < -0.4 is 22.3 Å². The van der Waals surface area contributed by atoms with Crippen LogP contribution in [0.25, 0.3) is 0 Å². The number of nitrogens with two attached hydrogens (primary N) is 1. The minimum Gasteiger partial charge on any atom is -0.391 e. The lowest BCUT2D eigenvalue weighted by Gasteiger charge is -2.18. The highest BCUT2D eigenvalue weighted by molar-refractivity contribution is 7.46. The van der Waals surface area contributed by atoms with Crippen LogP contribution in [0.15, 0.2) is 9.59 Å². The van der Waals surface area contributed by atoms with Crippen LogP contribution in [0, 0.1) is 0 Å². The van der Waals surface area contributed by atoms with E-state index in [0.29, 0.717) is 0 Å². The summed E-state index contributed by atoms with van der Waals surface area (Å²) < 4.78 is 20.0. The third kappa shape index (κ3) is 4.17. The zero-order chi connectivity index (χ0) is 17.4. The lowest BCUT2D eigenvalue weighted by molar-refractivity contribution is -0.0151. The Bertz CT molecular complexity index is 726. The van der Waals surface area contributed by atoms with E-state index in [9.17, 15) is 24.4 Å². The molecule has 0 amide bonds. The summed E-state index contributed by atoms with van der Waals surface area (Å²) in [5.41, 5.74) is 3.34. The molecule has 1 fully saturated rings. The van der Waals surface area contributed by atoms with E-state index in [0.717, 1.165) is 0 Å². The molecule has 0 spiro atoms. The van der Waals surface area contributed by atoms with Gasteiger partial charge in [-0.25, -0.2) is 9.36 Å². The Kier molecular flexibility index (Phi) is 4.91. The van der Waals surface area contributed by atoms with Crippen molar-refractivity contribution in [2.45, 2.75) is 24.5 Å². The van der Waals surface area contributed by atoms with Crippen LogP contribution in [0.4, 0.5) is 11.5 Å². The largest absolute Gasteiger partial charge is 0.469 e. The van der Waals surface area contributed by atoms with Gasteiger partial charge in [-0.15, -0.1) is 0 Å². The third-order valence-corrected chi connectivity index (χ3v) is 3.52. The number of aromatic amines is 2. The zero-order valence-electron chi connectivity index (χ0n) is 11.4. The number of rotatable bonds is 5. The predicted molar refractivity (Wildman–Crippen MR) is 74.4 cm³/mol. The van der Waals surface area contributed by atoms with E-state index in [1.165, 1.54) is 0 Å². The molecule has 0 aliphatic carbocycles. The summed E-state index contributed by atoms with van der Waals surface area (Å²) in [4.78, 5) is 43.8. The maximum Gasteiger partial charge on any atom is 0.469 e. The van der Waals surface area contributed by atoms with Gasteiger partial charge in [0.15, 0.2) is 6.23 Å². The standard InChI is InChI=1S/C9H15N4O9P/c10-3-6(12-9(17)13-7(3)16)11-8-5(15)4(14)2(22-8)1-21-23(18,19)20/h2,4-5,8,14-15H,1,10H2,(H2,18,19,20)(H3,11,12,13,16,17)/t2-,4-,5-,8?/m1/s1. The molecule has 9 N–H and O–H groups in total. The Morgan fingerprint density at radius 1 is 1.26 bits per heavy atom. The van der Waals surface area contributed by atoms with Gasteiger partial charge in [-0.1, -0.05) is 0 Å². The molecule has 0 saturated carbocycles. The van der Waals surface area contributed by atoms with Crippen LogP contribution in [-0.4, -0.2) is 61.1 Å². The van der Waals surface area contributed by atoms with E-state index in [1.54, 1.807) is 0 Å². The second-order valence-electron chi connectivity index (χ2n) is 4.70. The summed E-state index contributed by atoms with van der Waals surface area (Å²) in [5, 5.41) is 22.0. The number of anilines is 2. The Balaban J connectivity index is 2.11. The molecule has 0 radical (unpaired) electrons. The highest BCUT2D eigenvalue weighted by atomic mass is 31.2. The minimum atomic E-state index is -4.78. The minimum absolute atomic E-state index is 0.244. The number of hydrogen-bond donors (Lipinski definition) is 8. The molecule has 1 unspecified atom stereocenters. The lowest BCUT2D eigenvalue weighted by Crippen LogP contribution is -2.38. The molecule has 1 aliphatic heterocycles. The van der Waals surface area contributed by atoms with Crippen molar-refractivity contribution in [3.63, 3.8) is 0 Å². The molecule has 130 valence electrons. The van der Waals surface area contributed by atoms with E-state index in [-0.39, 0.29) is 11.5 Å². The monoisotopic (exact) mass is 354 g/mol. The lowest BCUT2D eigenvalue weighted by atomic mass is 10.1. The van der Waals surface area contributed by atoms with Crippen molar-refractivity contribution in [3.8, 4) is 0 Å². The van der Waals surface area contributed by atoms with E-state index in [4.69, 9.17) is 20.3 Å². The number of nitrogen functional groups attached to an aromatic ring is 1. The predicted octanol–water partition coefficient (Wildman–Crippen LogP) is -3.39. The Hall–Kier alpha value is -1.73. The Morgan fingerprint density at radius 2 is 1.91 bits per heavy atom. The van der Waals surface area contributed by atoms with Gasteiger partial charge >= 0.3 is 13.5 Å². The normalized spacial score (nSPS) is 28.0. The van der Waals surface area contributed by atoms with Crippen molar-refractivity contribution in [1.82, 2.24) is 9.97 Å². The maximum atomic E-state index is 11.4. The van der Waals surface area contributed by atoms with Crippen molar-refractivity contribution in [2.75, 3.05) is 17.7 Å². The van der Waals surface area contributed by atoms with Gasteiger partial charge in [0.1, 0.15) is 29.8 Å². The first-order valence-electron chi connectivity index (χ1n) is 6.19. The molecule has 2 heterocycles. The maximum absolute atomic E-state index is 11.4. The number of ether oxygens (including phenoxy) is 1. The molecule has 23 heavy (non-hydrogen) atoms. The van der Waals surface area contributed by atoms with Crippen molar-refractivity contribution < 1.29 is 33.8 Å². The average molecular weight is 354 g/mol. The summed E-state index contributed by atoms with van der Waals surface area (Å²) in [6, 6.07) is 0. The van der Waals surface area contributed by atoms with Gasteiger partial charge in [-0.2, -0.15) is 0 Å². The highest BCUT2D eigenvalue weighted by Crippen LogP contribution is 2.37. The van der Waals surface area contributed by atoms with Crippen molar-refractivity contribution in [1.29, 1.82) is 0 Å². The summed E-state index contributed by atoms with van der Waals surface area (Å²) in [6.07, 6.45) is -5.64. The third-order valence-electron chi connectivity index (χ3n) is 3.04. The molecule has 2 rings (SSSR count). The van der Waals surface area contributed by atoms with Gasteiger partial charge in [0.05, 0.1) is 6.61 Å². The summed E-state index contributed by atoms with van der Waals surface area (Å²) in [6.45, 7) is -0.692. The van der Waals surface area contributed by atoms with Crippen molar-refractivity contribution >= 4 is 19.3 Å². The first-order chi connectivity index (χ1) is 10.6. The van der Waals surface area contributed by atoms with E-state index >= 15 is 0 Å². The van der Waals surface area contributed by atoms with Crippen molar-refractivity contribution in [3.05, 3.63) is 20.8 Å². The number of hydrogen-bond acceptors (Lipinski definition) is 9. The molecule has 0 bridgehead atoms. The van der Waals surface area contributed by atoms with Gasteiger partial charge in [0.2, 0.25) is 0 Å². The molecule has 1 aliphatic rings. The van der Waals surface area contributed by atoms with Crippen molar-refractivity contribution in [2.24, 2.45) is 0 Å². The van der Waals surface area contributed by atoms with Crippen LogP contribution >= 0.6 is 7.82 Å². The number of H-pyrrole nitrogens is 2. The summed E-state index contributed by atoms with van der Waals surface area (Å²) in [5.74, 6) is -0.244. The van der Waals surface area contributed by atoms with E-state index in [2.05, 4.69) is 14.8 Å². The quantitative estimate of drug-likeness (QED) is 0.244. The molecule has 0 aromatic carbocycles. The summed E-state index contributed by atoms with van der Waals surface area (Å²) >= 11 is 0. The number of phosphoric acid groups is 1. The second-order valence-corrected chi connectivity index (χ2v) is 5.94. The molecular weight excluding hydrogens is 339 g/mol. The Morgan fingerprint density at radius 3 is 2.52 bits per heavy atom. The fourth-order valence-electron chi connectivity index (χ4n) is 1.93. The Labute approximate surface area is 127 Å². The number of aliphatic hydroxyl groups is 2. The zero-order valence-corrected chi connectivity index (χ0v) is 12.3. The van der Waals surface area contributed by atoms with E-state index in [1.807, 2.05) is 4.98 Å². The van der Waals surface area contributed by atoms with Crippen LogP contribution in [0.2, 0.25) is 0 Å². The van der Waals surface area contributed by atoms with Gasteiger partial charge < -0.3 is 35.8 Å². The van der Waals surface area contributed by atoms with Gasteiger partial charge in [0.25, 0.3) is 5.56 Å². The number of nitrogens with one attached hydrogen (secondary N) is 3. The van der Waals surface area contributed by atoms with Gasteiger partial charge in [-0.3, -0.25) is 19.3 Å². The van der Waals surface area contributed by atoms with Crippen LogP contribution in [0.1, 0.15) is 0 Å². The average Bonchev–Trinajstić information content (AvgIpc) is 2.69. The molecule has 1 aromatic heterocycles. The highest BCUT2D eigenvalue weighted by Gasteiger charge is 2.44. The summed E-state index contributed by atoms with van der Waals surface area (Å²) in [7, 11) is -4.78. The molecule has 1 saturated heterocycles. The molecule has 13 nitrogen and oxygen atoms in total. The van der Waals surface area contributed by atoms with Crippen LogP contribution in [0.3, 0.4) is 0 Å². The van der Waals surface area contributed by atoms with Crippen LogP contribution in [0.5, 0.6) is 0 Å². The number of aliphatic hydroxyl groups excluding tert-OH is 2. The fraction of sp³-hybridized carbons (Fsp3) is 0.556. The first-order valence-corrected chi connectivity index (χ1v) is 7.72. The number of phosphoric ester groups is 1. The number of aromatic nitrogens is 2. The molecule has 4 atom stereocenters.